The summed E-state index contributed by atoms with van der Waals surface area (Å²) in [6, 6.07) is -2.33. The number of phenolic OH excluding ortho intramolecular Hbond substituents is 1. The number of unbranched alkanes of at least 4 members (excludes halogenated alkanes) is 2. The minimum absolute atomic E-state index is 0.000901. The highest BCUT2D eigenvalue weighted by Crippen LogP contribution is 2.14. The minimum Gasteiger partial charge on any atom is -0.508 e. The number of rotatable bonds is 40. The first-order valence-electron chi connectivity index (χ1n) is 26.6. The molecule has 33 nitrogen and oxygen atoms in total. The van der Waals surface area contributed by atoms with Crippen LogP contribution in [-0.4, -0.2) is 168 Å². The molecule has 0 fully saturated rings. The molecule has 0 bridgehead atoms. The van der Waals surface area contributed by atoms with E-state index in [1.807, 2.05) is 0 Å². The Kier molecular flexibility index (Phi) is 31.3. The van der Waals surface area contributed by atoms with Crippen molar-refractivity contribution in [2.24, 2.45) is 88.0 Å². The summed E-state index contributed by atoms with van der Waals surface area (Å²) in [5, 5.41) is 25.7. The molecule has 33 heteroatoms. The molecule has 9 amide bonds. The highest BCUT2D eigenvalue weighted by Gasteiger charge is 2.33. The number of amides is 9. The fourth-order valence-electron chi connectivity index (χ4n) is 7.96. The van der Waals surface area contributed by atoms with E-state index < -0.39 is 89.4 Å². The number of guanidine groups is 5. The van der Waals surface area contributed by atoms with Gasteiger partial charge < -0.3 is 100 Å². The molecular formula is C49H83N23O10. The minimum atomic E-state index is -1.45. The lowest BCUT2D eigenvalue weighted by Crippen LogP contribution is -2.59. The van der Waals surface area contributed by atoms with Gasteiger partial charge in [-0.3, -0.25) is 73.0 Å². The summed E-state index contributed by atoms with van der Waals surface area (Å²) in [5.74, 6) is -7.76. The molecule has 0 aromatic heterocycles. The van der Waals surface area contributed by atoms with E-state index in [1.54, 1.807) is 0 Å². The number of hydrogen-bond acceptors (Lipinski definition) is 15. The topological polar surface area (TPSA) is 597 Å². The molecule has 0 radical (unpaired) electrons. The Morgan fingerprint density at radius 2 is 0.720 bits per heavy atom. The molecule has 1 aliphatic heterocycles. The number of hydrogen-bond donors (Lipinski definition) is 18. The summed E-state index contributed by atoms with van der Waals surface area (Å²) in [4.78, 5) is 142. The van der Waals surface area contributed by atoms with Crippen LogP contribution in [0.2, 0.25) is 0 Å². The van der Waals surface area contributed by atoms with Gasteiger partial charge in [-0.05, 0) is 94.7 Å². The molecule has 0 spiro atoms. The molecular weight excluding hydrogens is 1070 g/mol. The Morgan fingerprint density at radius 3 is 1.02 bits per heavy atom. The zero-order valence-corrected chi connectivity index (χ0v) is 45.9. The molecule has 0 unspecified atom stereocenters. The average molecular weight is 1150 g/mol. The second-order valence-corrected chi connectivity index (χ2v) is 18.9. The largest absolute Gasteiger partial charge is 0.508 e. The second kappa shape index (κ2) is 37.4. The van der Waals surface area contributed by atoms with Crippen molar-refractivity contribution in [1.29, 1.82) is 0 Å². The number of aromatic hydroxyl groups is 1. The van der Waals surface area contributed by atoms with Crippen LogP contribution in [0, 0.1) is 0 Å². The number of primary amides is 1. The van der Waals surface area contributed by atoms with Crippen LogP contribution in [0.25, 0.3) is 0 Å². The van der Waals surface area contributed by atoms with Crippen LogP contribution in [0.4, 0.5) is 0 Å². The maximum atomic E-state index is 14.5. The maximum absolute atomic E-state index is 14.5. The van der Waals surface area contributed by atoms with Gasteiger partial charge in [0, 0.05) is 64.3 Å². The van der Waals surface area contributed by atoms with E-state index in [1.165, 1.54) is 36.4 Å². The summed E-state index contributed by atoms with van der Waals surface area (Å²) in [6.45, 7) is 0.304. The third kappa shape index (κ3) is 29.0. The van der Waals surface area contributed by atoms with E-state index in [-0.39, 0.29) is 152 Å². The molecule has 0 saturated heterocycles. The predicted molar refractivity (Wildman–Crippen MR) is 306 cm³/mol. The molecule has 29 N–H and O–H groups in total. The van der Waals surface area contributed by atoms with Gasteiger partial charge in [0.25, 0.3) is 11.8 Å². The first-order chi connectivity index (χ1) is 38.9. The Hall–Kier alpha value is -9.46. The lowest BCUT2D eigenvalue weighted by molar-refractivity contribution is -0.137. The van der Waals surface area contributed by atoms with Crippen LogP contribution < -0.4 is 95.0 Å². The molecule has 0 aliphatic carbocycles. The number of carbonyl (C=O) groups excluding carboxylic acids is 9. The van der Waals surface area contributed by atoms with Crippen molar-refractivity contribution in [1.82, 2.24) is 36.8 Å². The van der Waals surface area contributed by atoms with Gasteiger partial charge in [0.2, 0.25) is 41.4 Å². The smallest absolute Gasteiger partial charge is 0.253 e. The number of phenols is 1. The van der Waals surface area contributed by atoms with Crippen molar-refractivity contribution in [2.75, 3.05) is 39.3 Å². The van der Waals surface area contributed by atoms with Crippen LogP contribution in [0.1, 0.15) is 95.5 Å². The Labute approximate surface area is 474 Å². The zero-order valence-electron chi connectivity index (χ0n) is 45.9. The van der Waals surface area contributed by atoms with Crippen LogP contribution in [-0.2, 0) is 49.6 Å². The fraction of sp³-hybridized carbons (Fsp3) is 0.551. The van der Waals surface area contributed by atoms with E-state index >= 15 is 0 Å². The second-order valence-electron chi connectivity index (χ2n) is 18.9. The van der Waals surface area contributed by atoms with Gasteiger partial charge >= 0.3 is 0 Å². The highest BCUT2D eigenvalue weighted by molar-refractivity contribution is 6.12. The van der Waals surface area contributed by atoms with E-state index in [4.69, 9.17) is 63.1 Å². The number of nitrogens with zero attached hydrogens (tertiary/aromatic N) is 6. The maximum Gasteiger partial charge on any atom is 0.253 e. The van der Waals surface area contributed by atoms with Crippen molar-refractivity contribution in [3.8, 4) is 5.75 Å². The molecule has 454 valence electrons. The van der Waals surface area contributed by atoms with E-state index in [2.05, 4.69) is 56.9 Å². The molecule has 0 saturated carbocycles. The Bertz CT molecular complexity index is 2460. The lowest BCUT2D eigenvalue weighted by atomic mass is 10.0. The molecule has 1 aromatic carbocycles. The SMILES string of the molecule is NC(=O)[C@H](Cc1ccc(O)cc1)NC(=O)[C@H](CCCN=C(N)N)NC(=O)[C@H](CCCN=C(N)N)NC(=O)[C@H](CCCN=C(N)N)NC(=O)[C@H](CCCN=C(N)N)NC(=O)[C@H](CCCN=C(N)N)NC(=O)CCCCCN1C(=O)C=CC1=O. The van der Waals surface area contributed by atoms with E-state index in [9.17, 15) is 48.3 Å². The Balaban J connectivity index is 2.50. The van der Waals surface area contributed by atoms with Gasteiger partial charge in [0.1, 0.15) is 42.0 Å². The third-order valence-electron chi connectivity index (χ3n) is 12.1. The number of carbonyl (C=O) groups is 9. The van der Waals surface area contributed by atoms with Gasteiger partial charge in [-0.1, -0.05) is 18.6 Å². The molecule has 82 heavy (non-hydrogen) atoms. The predicted octanol–water partition coefficient (Wildman–Crippen LogP) is -6.92. The average Bonchev–Trinajstić information content (AvgIpc) is 3.73. The number of aliphatic imine (C=N–C) groups is 5. The summed E-state index contributed by atoms with van der Waals surface area (Å²) >= 11 is 0. The zero-order chi connectivity index (χ0) is 61.1. The number of imide groups is 1. The molecule has 1 aliphatic rings. The van der Waals surface area contributed by atoms with Crippen LogP contribution >= 0.6 is 0 Å². The molecule has 6 atom stereocenters. The van der Waals surface area contributed by atoms with Gasteiger partial charge in [-0.25, -0.2) is 0 Å². The quantitative estimate of drug-likeness (QED) is 0.0126. The van der Waals surface area contributed by atoms with Crippen LogP contribution in [0.3, 0.4) is 0 Å². The molecule has 1 aromatic rings. The van der Waals surface area contributed by atoms with Crippen LogP contribution in [0.15, 0.2) is 61.4 Å². The van der Waals surface area contributed by atoms with Gasteiger partial charge in [-0.2, -0.15) is 0 Å². The number of nitrogens with one attached hydrogen (secondary N) is 6. The van der Waals surface area contributed by atoms with Crippen LogP contribution in [0.5, 0.6) is 5.75 Å². The fourth-order valence-corrected chi connectivity index (χ4v) is 7.96. The van der Waals surface area contributed by atoms with E-state index in [0.29, 0.717) is 24.8 Å². The highest BCUT2D eigenvalue weighted by atomic mass is 16.3. The van der Waals surface area contributed by atoms with Gasteiger partial charge in [0.15, 0.2) is 29.8 Å². The van der Waals surface area contributed by atoms with Crippen molar-refractivity contribution >= 4 is 83.0 Å². The standard InChI is InChI=1S/C49H83N23O10/c50-39(77)35(27-28-15-17-29(73)18-16-28)71-44(82)34(13-8-25-65-49(59)60)70-43(81)33(12-7-24-64-48(57)58)69-42(80)32(11-6-23-63-47(55)56)68-41(79)31(10-5-22-62-46(53)54)67-40(78)30(9-4-21-61-45(51)52)66-36(74)14-2-1-3-26-72-37(75)19-20-38(72)76/h15-20,30-35,73H,1-14,21-27H2,(H2,50,77)(H,66,74)(H,67,78)(H,68,79)(H,69,80)(H,70,81)(H,71,82)(H4,51,52,61)(H4,53,54,62)(H4,55,56,63)(H4,57,58,64)(H4,59,60,65)/t30-,31-,32-,33-,34-,35-/m0/s1. The van der Waals surface area contributed by atoms with Crippen molar-refractivity contribution < 1.29 is 48.3 Å². The summed E-state index contributed by atoms with van der Waals surface area (Å²) in [5.41, 5.74) is 61.5. The molecule has 1 heterocycles. The normalized spacial score (nSPS) is 13.8. The third-order valence-corrected chi connectivity index (χ3v) is 12.1. The van der Waals surface area contributed by atoms with E-state index in [0.717, 1.165) is 4.90 Å². The summed E-state index contributed by atoms with van der Waals surface area (Å²) in [6.07, 6.45) is 3.72. The first-order valence-corrected chi connectivity index (χ1v) is 26.6. The first kappa shape index (κ1) is 68.6. The molecule has 2 rings (SSSR count). The Morgan fingerprint density at radius 1 is 0.415 bits per heavy atom. The van der Waals surface area contributed by atoms with Crippen molar-refractivity contribution in [2.45, 2.75) is 133 Å². The summed E-state index contributed by atoms with van der Waals surface area (Å²) in [7, 11) is 0. The summed E-state index contributed by atoms with van der Waals surface area (Å²) < 4.78 is 0. The lowest BCUT2D eigenvalue weighted by Gasteiger charge is -2.27. The number of nitrogens with two attached hydrogens (primary N) is 11. The van der Waals surface area contributed by atoms with Gasteiger partial charge in [0.05, 0.1) is 0 Å². The number of benzene rings is 1. The van der Waals surface area contributed by atoms with Crippen molar-refractivity contribution in [3.63, 3.8) is 0 Å². The monoisotopic (exact) mass is 1150 g/mol. The van der Waals surface area contributed by atoms with Crippen molar-refractivity contribution in [3.05, 3.63) is 42.0 Å². The van der Waals surface area contributed by atoms with Gasteiger partial charge in [-0.15, -0.1) is 0 Å².